The highest BCUT2D eigenvalue weighted by Gasteiger charge is 2.37. The molecule has 2 rings (SSSR count). The van der Waals surface area contributed by atoms with E-state index in [-0.39, 0.29) is 17.4 Å². The van der Waals surface area contributed by atoms with Gasteiger partial charge in [0.2, 0.25) is 0 Å². The van der Waals surface area contributed by atoms with Crippen LogP contribution in [0.1, 0.15) is 51.2 Å². The van der Waals surface area contributed by atoms with Crippen LogP contribution in [0.5, 0.6) is 0 Å². The first-order chi connectivity index (χ1) is 13.2. The summed E-state index contributed by atoms with van der Waals surface area (Å²) in [7, 11) is 0. The first kappa shape index (κ1) is 23.0. The summed E-state index contributed by atoms with van der Waals surface area (Å²) < 4.78 is 77.2. The second kappa shape index (κ2) is 8.23. The third kappa shape index (κ3) is 6.37. The molecular weight excluding hydrogens is 402 g/mol. The predicted molar refractivity (Wildman–Crippen MR) is 95.3 cm³/mol. The lowest BCUT2D eigenvalue weighted by Gasteiger charge is -2.33. The molecule has 162 valence electrons. The number of anilines is 1. The van der Waals surface area contributed by atoms with Crippen LogP contribution in [0.15, 0.2) is 23.4 Å². The normalized spacial score (nSPS) is 16.4. The predicted octanol–water partition coefficient (Wildman–Crippen LogP) is 5.88. The first-order valence-corrected chi connectivity index (χ1v) is 8.97. The van der Waals surface area contributed by atoms with Crippen LogP contribution in [-0.2, 0) is 22.0 Å². The maximum atomic E-state index is 12.9. The lowest BCUT2D eigenvalue weighted by Crippen LogP contribution is -2.33. The molecule has 1 N–H and O–H groups in total. The number of rotatable bonds is 5. The van der Waals surface area contributed by atoms with E-state index in [4.69, 9.17) is 4.84 Å². The van der Waals surface area contributed by atoms with E-state index in [1.54, 1.807) is 0 Å². The van der Waals surface area contributed by atoms with Crippen LogP contribution in [0.25, 0.3) is 0 Å². The van der Waals surface area contributed by atoms with E-state index < -0.39 is 41.7 Å². The number of carbonyl (C=O) groups excluding carboxylic acids is 1. The molecule has 0 radical (unpaired) electrons. The first-order valence-electron chi connectivity index (χ1n) is 8.97. The van der Waals surface area contributed by atoms with Crippen molar-refractivity contribution in [3.05, 3.63) is 29.3 Å². The van der Waals surface area contributed by atoms with Gasteiger partial charge in [-0.05, 0) is 31.0 Å². The molecule has 0 unspecified atom stereocenters. The molecule has 0 spiro atoms. The Morgan fingerprint density at radius 1 is 1.03 bits per heavy atom. The van der Waals surface area contributed by atoms with E-state index >= 15 is 0 Å². The highest BCUT2D eigenvalue weighted by Crippen LogP contribution is 2.38. The maximum Gasteiger partial charge on any atom is 0.416 e. The standard InChI is InChI=1S/C19H22F6N2O2/c1-17(2,3)16(11-5-4-6-11)27-29-10-15(28)26-14-8-12(18(20,21)22)7-13(9-14)19(23,24)25/h7-9,11H,4-6,10H2,1-3H3,(H,26,28)/b27-16+. The van der Waals surface area contributed by atoms with Gasteiger partial charge in [0.1, 0.15) is 0 Å². The number of nitrogens with zero attached hydrogens (tertiary/aromatic N) is 1. The van der Waals surface area contributed by atoms with E-state index in [0.717, 1.165) is 25.0 Å². The monoisotopic (exact) mass is 424 g/mol. The molecule has 1 aromatic carbocycles. The fraction of sp³-hybridized carbons (Fsp3) is 0.579. The van der Waals surface area contributed by atoms with Gasteiger partial charge in [0.15, 0.2) is 6.61 Å². The van der Waals surface area contributed by atoms with Gasteiger partial charge in [-0.1, -0.05) is 32.3 Å². The van der Waals surface area contributed by atoms with Crippen molar-refractivity contribution in [3.63, 3.8) is 0 Å². The Morgan fingerprint density at radius 2 is 1.55 bits per heavy atom. The van der Waals surface area contributed by atoms with Gasteiger partial charge in [0, 0.05) is 17.0 Å². The second-order valence-electron chi connectivity index (χ2n) is 7.97. The summed E-state index contributed by atoms with van der Waals surface area (Å²) in [5.74, 6) is -0.668. The van der Waals surface area contributed by atoms with Gasteiger partial charge >= 0.3 is 12.4 Å². The van der Waals surface area contributed by atoms with Crippen LogP contribution in [-0.4, -0.2) is 18.2 Å². The Labute approximate surface area is 164 Å². The molecule has 1 aliphatic carbocycles. The number of amides is 1. The maximum absolute atomic E-state index is 12.9. The van der Waals surface area contributed by atoms with E-state index in [9.17, 15) is 31.1 Å². The molecule has 0 heterocycles. The Hall–Kier alpha value is -2.26. The third-order valence-electron chi connectivity index (χ3n) is 4.49. The number of hydrogen-bond donors (Lipinski definition) is 1. The van der Waals surface area contributed by atoms with Crippen LogP contribution in [0.2, 0.25) is 0 Å². The van der Waals surface area contributed by atoms with Gasteiger partial charge < -0.3 is 10.2 Å². The largest absolute Gasteiger partial charge is 0.416 e. The highest BCUT2D eigenvalue weighted by molar-refractivity contribution is 5.93. The number of oxime groups is 1. The smallest absolute Gasteiger partial charge is 0.386 e. The van der Waals surface area contributed by atoms with Crippen molar-refractivity contribution in [3.8, 4) is 0 Å². The number of alkyl halides is 6. The van der Waals surface area contributed by atoms with Crippen molar-refractivity contribution < 1.29 is 36.0 Å². The summed E-state index contributed by atoms with van der Waals surface area (Å²) >= 11 is 0. The van der Waals surface area contributed by atoms with Gasteiger partial charge in [-0.15, -0.1) is 0 Å². The van der Waals surface area contributed by atoms with Crippen LogP contribution in [0, 0.1) is 11.3 Å². The third-order valence-corrected chi connectivity index (χ3v) is 4.49. The number of benzene rings is 1. The highest BCUT2D eigenvalue weighted by atomic mass is 19.4. The lowest BCUT2D eigenvalue weighted by molar-refractivity contribution is -0.143. The minimum atomic E-state index is -4.99. The summed E-state index contributed by atoms with van der Waals surface area (Å²) in [6.07, 6.45) is -7.01. The van der Waals surface area contributed by atoms with Gasteiger partial charge in [-0.3, -0.25) is 4.79 Å². The molecule has 0 saturated heterocycles. The molecule has 4 nitrogen and oxygen atoms in total. The lowest BCUT2D eigenvalue weighted by atomic mass is 9.72. The van der Waals surface area contributed by atoms with Crippen LogP contribution in [0.3, 0.4) is 0 Å². The number of hydrogen-bond acceptors (Lipinski definition) is 3. The number of halogens is 6. The van der Waals surface area contributed by atoms with Gasteiger partial charge in [-0.25, -0.2) is 0 Å². The molecule has 0 aromatic heterocycles. The molecule has 0 atom stereocenters. The summed E-state index contributed by atoms with van der Waals surface area (Å²) in [5, 5.41) is 6.01. The van der Waals surface area contributed by atoms with Crippen LogP contribution >= 0.6 is 0 Å². The zero-order valence-electron chi connectivity index (χ0n) is 16.2. The molecule has 1 saturated carbocycles. The average Bonchev–Trinajstić information content (AvgIpc) is 2.49. The van der Waals surface area contributed by atoms with Crippen molar-refractivity contribution in [2.75, 3.05) is 11.9 Å². The van der Waals surface area contributed by atoms with Crippen molar-refractivity contribution in [1.29, 1.82) is 0 Å². The Kier molecular flexibility index (Phi) is 6.54. The Morgan fingerprint density at radius 3 is 1.93 bits per heavy atom. The molecule has 1 aromatic rings. The fourth-order valence-corrected chi connectivity index (χ4v) is 2.89. The number of nitrogens with one attached hydrogen (secondary N) is 1. The molecule has 29 heavy (non-hydrogen) atoms. The van der Waals surface area contributed by atoms with E-state index in [1.165, 1.54) is 0 Å². The minimum absolute atomic E-state index is 0.00925. The van der Waals surface area contributed by atoms with Crippen molar-refractivity contribution >= 4 is 17.3 Å². The molecule has 0 bridgehead atoms. The minimum Gasteiger partial charge on any atom is -0.386 e. The molecular formula is C19H22F6N2O2. The summed E-state index contributed by atoms with van der Waals surface area (Å²) in [4.78, 5) is 17.0. The zero-order chi connectivity index (χ0) is 22.0. The Bertz CT molecular complexity index is 742. The van der Waals surface area contributed by atoms with Crippen LogP contribution in [0.4, 0.5) is 32.0 Å². The van der Waals surface area contributed by atoms with Gasteiger partial charge in [0.05, 0.1) is 16.8 Å². The van der Waals surface area contributed by atoms with Gasteiger partial charge in [-0.2, -0.15) is 26.3 Å². The summed E-state index contributed by atoms with van der Waals surface area (Å²) in [6, 6.07) is 0.862. The van der Waals surface area contributed by atoms with Crippen molar-refractivity contribution in [2.45, 2.75) is 52.4 Å². The van der Waals surface area contributed by atoms with Crippen molar-refractivity contribution in [1.82, 2.24) is 0 Å². The van der Waals surface area contributed by atoms with E-state index in [0.29, 0.717) is 12.1 Å². The Balaban J connectivity index is 2.11. The average molecular weight is 424 g/mol. The molecule has 1 aliphatic rings. The van der Waals surface area contributed by atoms with Gasteiger partial charge in [0.25, 0.3) is 5.91 Å². The molecule has 1 amide bonds. The number of carbonyl (C=O) groups is 1. The molecule has 10 heteroatoms. The summed E-state index contributed by atoms with van der Waals surface area (Å²) in [5.41, 5.74) is -3.16. The zero-order valence-corrected chi connectivity index (χ0v) is 16.2. The fourth-order valence-electron chi connectivity index (χ4n) is 2.89. The second-order valence-corrected chi connectivity index (χ2v) is 7.97. The van der Waals surface area contributed by atoms with E-state index in [1.807, 2.05) is 26.1 Å². The van der Waals surface area contributed by atoms with Crippen molar-refractivity contribution in [2.24, 2.45) is 16.5 Å². The molecule has 1 fully saturated rings. The quantitative estimate of drug-likeness (QED) is 0.365. The van der Waals surface area contributed by atoms with Crippen LogP contribution < -0.4 is 5.32 Å². The molecule has 0 aliphatic heterocycles. The SMILES string of the molecule is CC(C)(C)/C(=N/OCC(=O)Nc1cc(C(F)(F)F)cc(C(F)(F)F)c1)C1CCC1. The summed E-state index contributed by atoms with van der Waals surface area (Å²) in [6.45, 7) is 5.18. The topological polar surface area (TPSA) is 50.7 Å². The van der Waals surface area contributed by atoms with E-state index in [2.05, 4.69) is 5.16 Å².